The average Bonchev–Trinajstić information content (AvgIpc) is 3.26. The molecule has 38 heavy (non-hydrogen) atoms. The molecule has 10 heteroatoms. The van der Waals surface area contributed by atoms with Crippen molar-refractivity contribution >= 4 is 35.1 Å². The van der Waals surface area contributed by atoms with Crippen LogP contribution in [0.3, 0.4) is 0 Å². The van der Waals surface area contributed by atoms with Crippen LogP contribution in [0.15, 0.2) is 36.4 Å². The van der Waals surface area contributed by atoms with Crippen LogP contribution in [0.1, 0.15) is 73.4 Å². The van der Waals surface area contributed by atoms with Crippen LogP contribution in [0.25, 0.3) is 21.7 Å². The van der Waals surface area contributed by atoms with Crippen LogP contribution < -0.4 is 10.6 Å². The molecule has 10 nitrogen and oxygen atoms in total. The molecule has 0 spiro atoms. The molecule has 1 aromatic carbocycles. The molecule has 0 bridgehead atoms. The SMILES string of the molecule is CC(C)(C)CC1(C)[N+]#Cc2cccc3nc(-c4ccc5c(c4)C(=O)N(C4CCC(=O)NC4=O)C5=O)c(n23)N1. The zero-order valence-electron chi connectivity index (χ0n) is 21.6. The molecular formula is C28H27N6O4+. The lowest BCUT2D eigenvalue weighted by atomic mass is 9.85. The number of carbonyl (C=O) groups is 4. The molecule has 2 atom stereocenters. The normalized spacial score (nSPS) is 22.5. The van der Waals surface area contributed by atoms with Crippen molar-refractivity contribution in [1.29, 1.82) is 0 Å². The van der Waals surface area contributed by atoms with Crippen LogP contribution in [0, 0.1) is 11.5 Å². The van der Waals surface area contributed by atoms with E-state index in [1.165, 1.54) is 0 Å². The molecule has 3 aromatic rings. The Morgan fingerprint density at radius 1 is 1.11 bits per heavy atom. The summed E-state index contributed by atoms with van der Waals surface area (Å²) in [4.78, 5) is 61.1. The summed E-state index contributed by atoms with van der Waals surface area (Å²) in [5.74, 6) is -1.43. The first-order chi connectivity index (χ1) is 17.9. The van der Waals surface area contributed by atoms with Gasteiger partial charge in [0, 0.05) is 18.9 Å². The van der Waals surface area contributed by atoms with E-state index in [0.717, 1.165) is 22.8 Å². The van der Waals surface area contributed by atoms with Gasteiger partial charge in [0.05, 0.1) is 17.5 Å². The molecule has 2 aromatic heterocycles. The minimum Gasteiger partial charge on any atom is -0.295 e. The highest BCUT2D eigenvalue weighted by Gasteiger charge is 2.46. The molecule has 2 unspecified atom stereocenters. The maximum absolute atomic E-state index is 13.4. The van der Waals surface area contributed by atoms with E-state index in [1.807, 2.05) is 29.5 Å². The van der Waals surface area contributed by atoms with Crippen molar-refractivity contribution in [3.8, 4) is 17.3 Å². The van der Waals surface area contributed by atoms with E-state index in [4.69, 9.17) is 9.83 Å². The molecule has 4 amide bonds. The molecule has 1 fully saturated rings. The summed E-state index contributed by atoms with van der Waals surface area (Å²) in [5, 5.41) is 5.81. The second-order valence-electron chi connectivity index (χ2n) is 11.5. The molecule has 0 radical (unpaired) electrons. The number of carbonyl (C=O) groups excluding carboxylic acids is 4. The van der Waals surface area contributed by atoms with Crippen molar-refractivity contribution in [2.75, 3.05) is 5.32 Å². The molecule has 3 aliphatic heterocycles. The number of aromatic nitrogens is 2. The predicted molar refractivity (Wildman–Crippen MR) is 140 cm³/mol. The van der Waals surface area contributed by atoms with Crippen LogP contribution >= 0.6 is 0 Å². The Kier molecular flexibility index (Phi) is 5.01. The van der Waals surface area contributed by atoms with E-state index in [-0.39, 0.29) is 29.4 Å². The number of anilines is 1. The number of amides is 4. The van der Waals surface area contributed by atoms with Gasteiger partial charge >= 0.3 is 11.7 Å². The van der Waals surface area contributed by atoms with Crippen molar-refractivity contribution in [1.82, 2.24) is 19.6 Å². The third-order valence-corrected chi connectivity index (χ3v) is 7.04. The second-order valence-corrected chi connectivity index (χ2v) is 11.5. The fourth-order valence-corrected chi connectivity index (χ4v) is 5.70. The monoisotopic (exact) mass is 511 g/mol. The van der Waals surface area contributed by atoms with E-state index < -0.39 is 35.3 Å². The second kappa shape index (κ2) is 7.99. The zero-order valence-corrected chi connectivity index (χ0v) is 21.6. The third kappa shape index (κ3) is 3.74. The van der Waals surface area contributed by atoms with E-state index >= 15 is 0 Å². The zero-order chi connectivity index (χ0) is 27.0. The first-order valence-electron chi connectivity index (χ1n) is 12.6. The number of nitrogens with zero attached hydrogens (tertiary/aromatic N) is 4. The topological polar surface area (TPSA) is 117 Å². The lowest BCUT2D eigenvalue weighted by molar-refractivity contribution is -0.136. The fraction of sp³-hybridized carbons (Fsp3) is 0.357. The number of hydrogen-bond donors (Lipinski definition) is 2. The van der Waals surface area contributed by atoms with Crippen molar-refractivity contribution in [2.45, 2.75) is 58.7 Å². The molecule has 192 valence electrons. The van der Waals surface area contributed by atoms with Gasteiger partial charge in [-0.15, -0.1) is 0 Å². The largest absolute Gasteiger partial charge is 0.353 e. The molecule has 5 heterocycles. The highest BCUT2D eigenvalue weighted by atomic mass is 16.2. The van der Waals surface area contributed by atoms with Crippen molar-refractivity contribution < 1.29 is 19.2 Å². The first kappa shape index (κ1) is 23.9. The molecule has 0 saturated carbocycles. The summed E-state index contributed by atoms with van der Waals surface area (Å²) >= 11 is 0. The van der Waals surface area contributed by atoms with Gasteiger partial charge in [-0.2, -0.15) is 0 Å². The van der Waals surface area contributed by atoms with Gasteiger partial charge in [-0.25, -0.2) is 4.98 Å². The first-order valence-corrected chi connectivity index (χ1v) is 12.6. The van der Waals surface area contributed by atoms with Gasteiger partial charge in [0.25, 0.3) is 11.8 Å². The summed E-state index contributed by atoms with van der Waals surface area (Å²) in [6, 6.07) is 12.9. The predicted octanol–water partition coefficient (Wildman–Crippen LogP) is 3.66. The van der Waals surface area contributed by atoms with Crippen LogP contribution in [0.5, 0.6) is 0 Å². The molecule has 6 rings (SSSR count). The van der Waals surface area contributed by atoms with Crippen molar-refractivity contribution in [2.24, 2.45) is 5.41 Å². The van der Waals surface area contributed by atoms with Gasteiger partial charge in [0.15, 0.2) is 5.69 Å². The van der Waals surface area contributed by atoms with E-state index in [9.17, 15) is 19.2 Å². The maximum Gasteiger partial charge on any atom is 0.353 e. The number of piperidine rings is 1. The van der Waals surface area contributed by atoms with Gasteiger partial charge in [0.2, 0.25) is 11.8 Å². The lowest BCUT2D eigenvalue weighted by Crippen LogP contribution is -2.54. The standard InChI is InChI=1S/C28H26N6O4/c1-27(2,3)14-28(4)29-13-16-6-5-7-20-30-22(23(32-28)33(16)20)15-8-9-17-18(12-15)26(38)34(25(17)37)19-10-11-21(35)31-24(19)36/h5-9,12,19H,10-11,14H2,1-4H3,(H,31,35,36)/p+1. The Balaban J connectivity index is 1.43. The van der Waals surface area contributed by atoms with E-state index in [1.54, 1.807) is 18.2 Å². The molecule has 0 aliphatic carbocycles. The number of imide groups is 2. The highest BCUT2D eigenvalue weighted by molar-refractivity contribution is 6.23. The number of nitrogens with one attached hydrogen (secondary N) is 2. The van der Waals surface area contributed by atoms with Gasteiger partial charge in [-0.1, -0.05) is 32.9 Å². The Labute approximate surface area is 218 Å². The van der Waals surface area contributed by atoms with Gasteiger partial charge in [0.1, 0.15) is 23.2 Å². The molecule has 1 saturated heterocycles. The van der Waals surface area contributed by atoms with Crippen LogP contribution in [0.2, 0.25) is 0 Å². The lowest BCUT2D eigenvalue weighted by Gasteiger charge is -2.27. The highest BCUT2D eigenvalue weighted by Crippen LogP contribution is 2.39. The number of fused-ring (bicyclic) bond motifs is 1. The van der Waals surface area contributed by atoms with Gasteiger partial charge in [-0.3, -0.25) is 39.1 Å². The Morgan fingerprint density at radius 3 is 2.61 bits per heavy atom. The Hall–Kier alpha value is -4.52. The van der Waals surface area contributed by atoms with Crippen molar-refractivity contribution in [3.05, 3.63) is 58.1 Å². The summed E-state index contributed by atoms with van der Waals surface area (Å²) in [5.41, 5.74) is 2.44. The number of rotatable bonds is 3. The van der Waals surface area contributed by atoms with Crippen LogP contribution in [-0.2, 0) is 9.59 Å². The minimum absolute atomic E-state index is 0.0206. The summed E-state index contributed by atoms with van der Waals surface area (Å²) in [6.45, 7) is 8.47. The average molecular weight is 512 g/mol. The quantitative estimate of drug-likeness (QED) is 0.519. The number of pyridine rings is 1. The smallest absolute Gasteiger partial charge is 0.295 e. The van der Waals surface area contributed by atoms with Crippen LogP contribution in [0.4, 0.5) is 5.82 Å². The van der Waals surface area contributed by atoms with E-state index in [2.05, 4.69) is 37.5 Å². The summed E-state index contributed by atoms with van der Waals surface area (Å²) < 4.78 is 1.95. The Bertz CT molecular complexity index is 1650. The Morgan fingerprint density at radius 2 is 1.87 bits per heavy atom. The van der Waals surface area contributed by atoms with E-state index in [0.29, 0.717) is 16.9 Å². The van der Waals surface area contributed by atoms with Crippen molar-refractivity contribution in [3.63, 3.8) is 0 Å². The maximum atomic E-state index is 13.4. The molecule has 3 aliphatic rings. The molecule has 2 N–H and O–H groups in total. The van der Waals surface area contributed by atoms with Gasteiger partial charge < -0.3 is 0 Å². The fourth-order valence-electron chi connectivity index (χ4n) is 5.70. The summed E-state index contributed by atoms with van der Waals surface area (Å²) in [6.07, 6.45) is 0.904. The van der Waals surface area contributed by atoms with Gasteiger partial charge in [-0.05, 0) is 40.9 Å². The van der Waals surface area contributed by atoms with Crippen LogP contribution in [-0.4, -0.2) is 49.6 Å². The molecular weight excluding hydrogens is 484 g/mol. The number of hydrogen-bond acceptors (Lipinski definition) is 6. The summed E-state index contributed by atoms with van der Waals surface area (Å²) in [7, 11) is 0. The third-order valence-electron chi connectivity index (χ3n) is 7.04. The number of imidazole rings is 1. The minimum atomic E-state index is -1.02. The number of benzene rings is 1.